The van der Waals surface area contributed by atoms with E-state index in [0.29, 0.717) is 12.5 Å². The van der Waals surface area contributed by atoms with Gasteiger partial charge in [0, 0.05) is 5.69 Å². The number of carboxylic acid groups (broad SMARTS) is 1. The standard InChI is InChI=1S/C17H19N3O2/c1-13-7-9-14(10-8-13)11-18-17(19-12-16(21)22)20-15-5-3-2-4-6-15/h2-10H,11-12H2,1H3,(H,21,22)(H2,18,19,20)/p-1. The largest absolute Gasteiger partial charge is 0.548 e. The summed E-state index contributed by atoms with van der Waals surface area (Å²) in [7, 11) is 0. The molecule has 114 valence electrons. The van der Waals surface area contributed by atoms with Crippen LogP contribution in [-0.2, 0) is 11.3 Å². The Labute approximate surface area is 129 Å². The number of carbonyl (C=O) groups excluding carboxylic acids is 1. The molecule has 0 aromatic heterocycles. The number of aliphatic carboxylic acids is 1. The zero-order valence-electron chi connectivity index (χ0n) is 12.4. The van der Waals surface area contributed by atoms with Crippen molar-refractivity contribution in [2.75, 3.05) is 11.9 Å². The molecule has 0 saturated carbocycles. The summed E-state index contributed by atoms with van der Waals surface area (Å²) in [6, 6.07) is 17.5. The molecule has 2 rings (SSSR count). The van der Waals surface area contributed by atoms with Crippen molar-refractivity contribution in [3.05, 3.63) is 65.7 Å². The number of guanidine groups is 1. The van der Waals surface area contributed by atoms with E-state index in [0.717, 1.165) is 11.3 Å². The SMILES string of the molecule is Cc1ccc(CN=C(NCC(=O)[O-])Nc2ccccc2)cc1. The third-order valence-electron chi connectivity index (χ3n) is 2.98. The van der Waals surface area contributed by atoms with Crippen LogP contribution in [0, 0.1) is 6.92 Å². The number of hydrogen-bond acceptors (Lipinski definition) is 3. The number of rotatable bonds is 5. The van der Waals surface area contributed by atoms with E-state index in [4.69, 9.17) is 0 Å². The number of nitrogens with zero attached hydrogens (tertiary/aromatic N) is 1. The number of aryl methyl sites for hydroxylation is 1. The van der Waals surface area contributed by atoms with Crippen LogP contribution in [0.2, 0.25) is 0 Å². The van der Waals surface area contributed by atoms with Crippen LogP contribution in [0.5, 0.6) is 0 Å². The quantitative estimate of drug-likeness (QED) is 0.644. The summed E-state index contributed by atoms with van der Waals surface area (Å²) in [6.45, 7) is 2.18. The minimum absolute atomic E-state index is 0.299. The first-order chi connectivity index (χ1) is 10.6. The summed E-state index contributed by atoms with van der Waals surface area (Å²) in [5, 5.41) is 16.4. The molecule has 0 atom stereocenters. The molecule has 0 radical (unpaired) electrons. The van der Waals surface area contributed by atoms with E-state index < -0.39 is 5.97 Å². The molecule has 2 aromatic carbocycles. The zero-order valence-corrected chi connectivity index (χ0v) is 12.4. The van der Waals surface area contributed by atoms with Crippen LogP contribution in [-0.4, -0.2) is 18.5 Å². The highest BCUT2D eigenvalue weighted by molar-refractivity contribution is 5.95. The van der Waals surface area contributed by atoms with Gasteiger partial charge in [-0.1, -0.05) is 48.0 Å². The lowest BCUT2D eigenvalue weighted by Crippen LogP contribution is -2.40. The third-order valence-corrected chi connectivity index (χ3v) is 2.98. The van der Waals surface area contributed by atoms with Crippen LogP contribution in [0.15, 0.2) is 59.6 Å². The number of anilines is 1. The molecule has 5 nitrogen and oxygen atoms in total. The van der Waals surface area contributed by atoms with E-state index in [9.17, 15) is 9.90 Å². The normalized spacial score (nSPS) is 11.0. The smallest absolute Gasteiger partial charge is 0.196 e. The average molecular weight is 296 g/mol. The van der Waals surface area contributed by atoms with Gasteiger partial charge in [-0.05, 0) is 24.6 Å². The second-order valence-corrected chi connectivity index (χ2v) is 4.87. The molecule has 0 aliphatic rings. The minimum atomic E-state index is -1.18. The van der Waals surface area contributed by atoms with Crippen LogP contribution in [0.4, 0.5) is 5.69 Å². The molecule has 0 aliphatic carbocycles. The number of carbonyl (C=O) groups is 1. The summed E-state index contributed by atoms with van der Waals surface area (Å²) in [4.78, 5) is 15.0. The van der Waals surface area contributed by atoms with Crippen molar-refractivity contribution in [1.82, 2.24) is 5.32 Å². The van der Waals surface area contributed by atoms with Crippen molar-refractivity contribution in [3.63, 3.8) is 0 Å². The van der Waals surface area contributed by atoms with Crippen molar-refractivity contribution >= 4 is 17.6 Å². The molecule has 2 N–H and O–H groups in total. The van der Waals surface area contributed by atoms with Gasteiger partial charge in [-0.2, -0.15) is 0 Å². The van der Waals surface area contributed by atoms with Crippen molar-refractivity contribution < 1.29 is 9.90 Å². The molecule has 0 unspecified atom stereocenters. The van der Waals surface area contributed by atoms with Gasteiger partial charge in [0.05, 0.1) is 19.1 Å². The Balaban J connectivity index is 2.06. The molecule has 0 aliphatic heterocycles. The van der Waals surface area contributed by atoms with Crippen LogP contribution in [0.3, 0.4) is 0 Å². The zero-order chi connectivity index (χ0) is 15.8. The van der Waals surface area contributed by atoms with Gasteiger partial charge in [-0.25, -0.2) is 4.99 Å². The summed E-state index contributed by atoms with van der Waals surface area (Å²) >= 11 is 0. The lowest BCUT2D eigenvalue weighted by atomic mass is 10.1. The number of para-hydroxylation sites is 1. The third kappa shape index (κ3) is 5.28. The maximum Gasteiger partial charge on any atom is 0.196 e. The highest BCUT2D eigenvalue weighted by Crippen LogP contribution is 2.07. The van der Waals surface area contributed by atoms with Gasteiger partial charge in [0.15, 0.2) is 5.96 Å². The van der Waals surface area contributed by atoms with Gasteiger partial charge in [-0.3, -0.25) is 0 Å². The Kier molecular flexibility index (Phi) is 5.54. The summed E-state index contributed by atoms with van der Waals surface area (Å²) in [5.41, 5.74) is 3.06. The van der Waals surface area contributed by atoms with Gasteiger partial charge < -0.3 is 20.5 Å². The van der Waals surface area contributed by atoms with E-state index in [1.165, 1.54) is 5.56 Å². The molecule has 22 heavy (non-hydrogen) atoms. The fourth-order valence-electron chi connectivity index (χ4n) is 1.82. The molecule has 0 bridgehead atoms. The van der Waals surface area contributed by atoms with E-state index in [2.05, 4.69) is 15.6 Å². The monoisotopic (exact) mass is 296 g/mol. The second kappa shape index (κ2) is 7.83. The number of benzene rings is 2. The summed E-state index contributed by atoms with van der Waals surface area (Å²) in [5.74, 6) is -0.783. The van der Waals surface area contributed by atoms with Gasteiger partial charge in [0.25, 0.3) is 0 Å². The van der Waals surface area contributed by atoms with Gasteiger partial charge in [-0.15, -0.1) is 0 Å². The Hall–Kier alpha value is -2.82. The Bertz CT molecular complexity index is 637. The van der Waals surface area contributed by atoms with Crippen LogP contribution < -0.4 is 15.7 Å². The van der Waals surface area contributed by atoms with Crippen molar-refractivity contribution in [1.29, 1.82) is 0 Å². The van der Waals surface area contributed by atoms with Crippen LogP contribution in [0.1, 0.15) is 11.1 Å². The lowest BCUT2D eigenvalue weighted by Gasteiger charge is -2.13. The topological polar surface area (TPSA) is 76.5 Å². The maximum absolute atomic E-state index is 10.6. The molecular formula is C17H18N3O2-. The van der Waals surface area contributed by atoms with Crippen molar-refractivity contribution in [2.24, 2.45) is 4.99 Å². The molecule has 0 amide bonds. The fourth-order valence-corrected chi connectivity index (χ4v) is 1.82. The van der Waals surface area contributed by atoms with Crippen molar-refractivity contribution in [3.8, 4) is 0 Å². The van der Waals surface area contributed by atoms with Crippen molar-refractivity contribution in [2.45, 2.75) is 13.5 Å². The highest BCUT2D eigenvalue weighted by Gasteiger charge is 2.00. The van der Waals surface area contributed by atoms with Gasteiger partial charge >= 0.3 is 0 Å². The van der Waals surface area contributed by atoms with Gasteiger partial charge in [0.1, 0.15) is 0 Å². The number of aliphatic imine (C=N–C) groups is 1. The molecule has 5 heteroatoms. The Morgan fingerprint density at radius 2 is 1.77 bits per heavy atom. The predicted molar refractivity (Wildman–Crippen MR) is 85.4 cm³/mol. The fraction of sp³-hybridized carbons (Fsp3) is 0.176. The molecule has 0 fully saturated rings. The van der Waals surface area contributed by atoms with E-state index in [1.807, 2.05) is 61.5 Å². The predicted octanol–water partition coefficient (Wildman–Crippen LogP) is 1.30. The minimum Gasteiger partial charge on any atom is -0.548 e. The Morgan fingerprint density at radius 3 is 2.41 bits per heavy atom. The first kappa shape index (κ1) is 15.6. The van der Waals surface area contributed by atoms with E-state index in [1.54, 1.807) is 0 Å². The lowest BCUT2D eigenvalue weighted by molar-refractivity contribution is -0.303. The first-order valence-electron chi connectivity index (χ1n) is 6.99. The van der Waals surface area contributed by atoms with E-state index >= 15 is 0 Å². The summed E-state index contributed by atoms with van der Waals surface area (Å²) < 4.78 is 0. The number of carboxylic acids is 1. The molecule has 0 heterocycles. The number of nitrogens with one attached hydrogen (secondary N) is 2. The summed E-state index contributed by atoms with van der Waals surface area (Å²) in [6.07, 6.45) is 0. The second-order valence-electron chi connectivity index (χ2n) is 4.87. The van der Waals surface area contributed by atoms with E-state index in [-0.39, 0.29) is 6.54 Å². The Morgan fingerprint density at radius 1 is 1.09 bits per heavy atom. The molecule has 0 spiro atoms. The molecule has 0 saturated heterocycles. The molecule has 2 aromatic rings. The average Bonchev–Trinajstić information content (AvgIpc) is 2.52. The number of hydrogen-bond donors (Lipinski definition) is 2. The van der Waals surface area contributed by atoms with Crippen LogP contribution >= 0.6 is 0 Å². The maximum atomic E-state index is 10.6. The van der Waals surface area contributed by atoms with Gasteiger partial charge in [0.2, 0.25) is 0 Å². The molecular weight excluding hydrogens is 278 g/mol. The highest BCUT2D eigenvalue weighted by atomic mass is 16.4. The first-order valence-corrected chi connectivity index (χ1v) is 6.99. The van der Waals surface area contributed by atoms with Crippen LogP contribution in [0.25, 0.3) is 0 Å².